The molecule has 84 valence electrons. The molecule has 0 aliphatic carbocycles. The number of rotatable bonds is 6. The van der Waals surface area contributed by atoms with E-state index in [1.54, 1.807) is 6.33 Å². The topological polar surface area (TPSA) is 49.8 Å². The van der Waals surface area contributed by atoms with Crippen LogP contribution in [0.5, 0.6) is 0 Å². The third-order valence-corrected chi connectivity index (χ3v) is 2.32. The van der Waals surface area contributed by atoms with E-state index in [9.17, 15) is 0 Å². The van der Waals surface area contributed by atoms with Gasteiger partial charge in [0.2, 0.25) is 0 Å². The number of hydrogen-bond donors (Lipinski definition) is 3. The molecule has 1 aromatic heterocycles. The molecule has 5 heteroatoms. The van der Waals surface area contributed by atoms with Crippen molar-refractivity contribution in [3.05, 3.63) is 12.4 Å². The van der Waals surface area contributed by atoms with Crippen molar-refractivity contribution in [3.63, 3.8) is 0 Å². The molecule has 0 spiro atoms. The second kappa shape index (κ2) is 6.50. The molecule has 4 nitrogen and oxygen atoms in total. The van der Waals surface area contributed by atoms with Crippen molar-refractivity contribution < 1.29 is 0 Å². The Morgan fingerprint density at radius 3 is 2.80 bits per heavy atom. The van der Waals surface area contributed by atoms with Crippen LogP contribution in [-0.4, -0.2) is 28.3 Å². The van der Waals surface area contributed by atoms with Gasteiger partial charge in [0.25, 0.3) is 0 Å². The Hall–Kier alpha value is -0.970. The van der Waals surface area contributed by atoms with Crippen molar-refractivity contribution in [3.8, 4) is 0 Å². The van der Waals surface area contributed by atoms with Crippen LogP contribution in [0.1, 0.15) is 20.3 Å². The molecule has 1 aromatic rings. The molecule has 0 bridgehead atoms. The SMILES string of the molecule is CCC(C)Nc1cc(NCCS)ncn1. The summed E-state index contributed by atoms with van der Waals surface area (Å²) in [7, 11) is 0. The van der Waals surface area contributed by atoms with E-state index in [1.165, 1.54) is 0 Å². The van der Waals surface area contributed by atoms with Gasteiger partial charge in [-0.3, -0.25) is 0 Å². The first-order valence-corrected chi connectivity index (χ1v) is 5.82. The van der Waals surface area contributed by atoms with Crippen molar-refractivity contribution >= 4 is 24.3 Å². The summed E-state index contributed by atoms with van der Waals surface area (Å²) in [4.78, 5) is 8.27. The Morgan fingerprint density at radius 2 is 2.13 bits per heavy atom. The van der Waals surface area contributed by atoms with E-state index < -0.39 is 0 Å². The van der Waals surface area contributed by atoms with Gasteiger partial charge in [-0.15, -0.1) is 0 Å². The minimum absolute atomic E-state index is 0.428. The maximum atomic E-state index is 4.15. The lowest BCUT2D eigenvalue weighted by molar-refractivity contribution is 0.758. The number of nitrogens with zero attached hydrogens (tertiary/aromatic N) is 2. The van der Waals surface area contributed by atoms with E-state index in [0.717, 1.165) is 30.4 Å². The van der Waals surface area contributed by atoms with E-state index in [0.29, 0.717) is 6.04 Å². The quantitative estimate of drug-likeness (QED) is 0.650. The molecule has 1 rings (SSSR count). The van der Waals surface area contributed by atoms with Gasteiger partial charge in [0.05, 0.1) is 0 Å². The van der Waals surface area contributed by atoms with E-state index in [4.69, 9.17) is 0 Å². The fourth-order valence-corrected chi connectivity index (χ4v) is 1.18. The van der Waals surface area contributed by atoms with Gasteiger partial charge in [-0.25, -0.2) is 9.97 Å². The molecule has 2 N–H and O–H groups in total. The monoisotopic (exact) mass is 226 g/mol. The van der Waals surface area contributed by atoms with Crippen LogP contribution >= 0.6 is 12.6 Å². The van der Waals surface area contributed by atoms with Crippen LogP contribution in [0.3, 0.4) is 0 Å². The van der Waals surface area contributed by atoms with Crippen LogP contribution < -0.4 is 10.6 Å². The number of hydrogen-bond acceptors (Lipinski definition) is 5. The summed E-state index contributed by atoms with van der Waals surface area (Å²) in [6.07, 6.45) is 2.63. The fourth-order valence-electron chi connectivity index (χ4n) is 1.07. The largest absolute Gasteiger partial charge is 0.369 e. The third kappa shape index (κ3) is 4.38. The van der Waals surface area contributed by atoms with Crippen LogP contribution in [-0.2, 0) is 0 Å². The number of anilines is 2. The molecule has 0 aliphatic rings. The zero-order chi connectivity index (χ0) is 11.1. The van der Waals surface area contributed by atoms with E-state index in [2.05, 4.69) is 47.1 Å². The third-order valence-electron chi connectivity index (χ3n) is 2.09. The molecule has 15 heavy (non-hydrogen) atoms. The van der Waals surface area contributed by atoms with Gasteiger partial charge in [0, 0.05) is 24.4 Å². The summed E-state index contributed by atoms with van der Waals surface area (Å²) in [5.41, 5.74) is 0. The number of nitrogens with one attached hydrogen (secondary N) is 2. The van der Waals surface area contributed by atoms with Crippen molar-refractivity contribution in [2.24, 2.45) is 0 Å². The van der Waals surface area contributed by atoms with Crippen molar-refractivity contribution in [1.29, 1.82) is 0 Å². The van der Waals surface area contributed by atoms with Gasteiger partial charge in [-0.2, -0.15) is 12.6 Å². The summed E-state index contributed by atoms with van der Waals surface area (Å²) in [5, 5.41) is 6.46. The summed E-state index contributed by atoms with van der Waals surface area (Å²) in [5.74, 6) is 2.49. The zero-order valence-electron chi connectivity index (χ0n) is 9.20. The Bertz CT molecular complexity index is 293. The second-order valence-corrected chi connectivity index (χ2v) is 3.84. The lowest BCUT2D eigenvalue weighted by Gasteiger charge is -2.12. The highest BCUT2D eigenvalue weighted by Gasteiger charge is 2.01. The minimum Gasteiger partial charge on any atom is -0.369 e. The second-order valence-electron chi connectivity index (χ2n) is 3.39. The van der Waals surface area contributed by atoms with Gasteiger partial charge in [-0.1, -0.05) is 6.92 Å². The van der Waals surface area contributed by atoms with Crippen molar-refractivity contribution in [2.75, 3.05) is 22.9 Å². The lowest BCUT2D eigenvalue weighted by Crippen LogP contribution is -2.15. The highest BCUT2D eigenvalue weighted by Crippen LogP contribution is 2.10. The fraction of sp³-hybridized carbons (Fsp3) is 0.600. The number of aromatic nitrogens is 2. The molecule has 1 unspecified atom stereocenters. The van der Waals surface area contributed by atoms with Gasteiger partial charge in [-0.05, 0) is 13.3 Å². The van der Waals surface area contributed by atoms with Crippen molar-refractivity contribution in [1.82, 2.24) is 9.97 Å². The minimum atomic E-state index is 0.428. The van der Waals surface area contributed by atoms with E-state index in [-0.39, 0.29) is 0 Å². The zero-order valence-corrected chi connectivity index (χ0v) is 10.1. The Kier molecular flexibility index (Phi) is 5.25. The predicted molar refractivity (Wildman–Crippen MR) is 67.8 cm³/mol. The lowest BCUT2D eigenvalue weighted by atomic mass is 10.2. The van der Waals surface area contributed by atoms with Gasteiger partial charge < -0.3 is 10.6 Å². The van der Waals surface area contributed by atoms with Crippen LogP contribution in [0.2, 0.25) is 0 Å². The van der Waals surface area contributed by atoms with Crippen LogP contribution in [0.15, 0.2) is 12.4 Å². The van der Waals surface area contributed by atoms with Gasteiger partial charge in [0.15, 0.2) is 0 Å². The maximum Gasteiger partial charge on any atom is 0.131 e. The molecule has 0 aliphatic heterocycles. The molecule has 1 heterocycles. The first kappa shape index (κ1) is 12.1. The molecule has 1 atom stereocenters. The molecular formula is C10H18N4S. The smallest absolute Gasteiger partial charge is 0.131 e. The van der Waals surface area contributed by atoms with Crippen LogP contribution in [0.25, 0.3) is 0 Å². The Labute approximate surface area is 96.3 Å². The Balaban J connectivity index is 2.57. The Morgan fingerprint density at radius 1 is 1.40 bits per heavy atom. The predicted octanol–water partition coefficient (Wildman–Crippen LogP) is 2.03. The standard InChI is InChI=1S/C10H18N4S/c1-3-8(2)14-10-6-9(11-4-5-15)12-7-13-10/h6-8,15H,3-5H2,1-2H3,(H2,11,12,13,14). The molecule has 0 saturated heterocycles. The summed E-state index contributed by atoms with van der Waals surface area (Å²) < 4.78 is 0. The molecular weight excluding hydrogens is 208 g/mol. The van der Waals surface area contributed by atoms with Gasteiger partial charge >= 0.3 is 0 Å². The highest BCUT2D eigenvalue weighted by molar-refractivity contribution is 7.80. The van der Waals surface area contributed by atoms with E-state index in [1.807, 2.05) is 6.07 Å². The first-order chi connectivity index (χ1) is 7.26. The first-order valence-electron chi connectivity index (χ1n) is 5.19. The van der Waals surface area contributed by atoms with Crippen LogP contribution in [0.4, 0.5) is 11.6 Å². The summed E-state index contributed by atoms with van der Waals surface area (Å²) in [6.45, 7) is 5.07. The van der Waals surface area contributed by atoms with Crippen molar-refractivity contribution in [2.45, 2.75) is 26.3 Å². The highest BCUT2D eigenvalue weighted by atomic mass is 32.1. The van der Waals surface area contributed by atoms with Gasteiger partial charge in [0.1, 0.15) is 18.0 Å². The number of thiol groups is 1. The average Bonchev–Trinajstić information content (AvgIpc) is 2.26. The normalized spacial score (nSPS) is 12.2. The van der Waals surface area contributed by atoms with Crippen LogP contribution in [0, 0.1) is 0 Å². The molecule has 0 saturated carbocycles. The molecule has 0 fully saturated rings. The summed E-state index contributed by atoms with van der Waals surface area (Å²) >= 11 is 4.13. The average molecular weight is 226 g/mol. The summed E-state index contributed by atoms with van der Waals surface area (Å²) in [6, 6.07) is 2.34. The molecule has 0 radical (unpaired) electrons. The molecule has 0 amide bonds. The molecule has 0 aromatic carbocycles. The maximum absolute atomic E-state index is 4.15. The van der Waals surface area contributed by atoms with E-state index >= 15 is 0 Å².